The van der Waals surface area contributed by atoms with Crippen LogP contribution in [0.4, 0.5) is 4.79 Å². The molecule has 0 saturated heterocycles. The molecule has 0 aromatic heterocycles. The van der Waals surface area contributed by atoms with Gasteiger partial charge in [-0.15, -0.1) is 0 Å². The molecule has 1 amide bonds. The molecule has 0 spiro atoms. The second kappa shape index (κ2) is 9.20. The van der Waals surface area contributed by atoms with E-state index >= 15 is 0 Å². The van der Waals surface area contributed by atoms with Gasteiger partial charge in [-0.3, -0.25) is 10.0 Å². The van der Waals surface area contributed by atoms with Crippen LogP contribution in [0.1, 0.15) is 54.6 Å². The molecule has 0 radical (unpaired) electrons. The third kappa shape index (κ3) is 4.32. The van der Waals surface area contributed by atoms with Crippen molar-refractivity contribution in [2.75, 3.05) is 6.61 Å². The summed E-state index contributed by atoms with van der Waals surface area (Å²) in [5, 5.41) is 8.85. The smallest absolute Gasteiger partial charge is 0.434 e. The Hall–Kier alpha value is -2.60. The molecule has 0 aromatic carbocycles. The van der Waals surface area contributed by atoms with Gasteiger partial charge in [0.1, 0.15) is 5.75 Å². The summed E-state index contributed by atoms with van der Waals surface area (Å²) in [6.07, 6.45) is 3.35. The van der Waals surface area contributed by atoms with E-state index in [-0.39, 0.29) is 6.61 Å². The van der Waals surface area contributed by atoms with E-state index in [4.69, 9.17) is 14.7 Å². The summed E-state index contributed by atoms with van der Waals surface area (Å²) in [5.41, 5.74) is 5.60. The molecule has 2 N–H and O–H groups in total. The molecule has 0 unspecified atom stereocenters. The summed E-state index contributed by atoms with van der Waals surface area (Å²) in [6, 6.07) is 6.78. The fraction of sp³-hybridized carbons (Fsp3) is 0.400. The number of rotatable bonds is 7. The predicted molar refractivity (Wildman–Crippen MR) is 97.9 cm³/mol. The molecule has 0 atom stereocenters. The number of carbonyl (C=O) groups excluding carboxylic acids is 2. The number of unbranched alkanes of at least 4 members (excludes halogenated alkanes) is 2. The van der Waals surface area contributed by atoms with Crippen LogP contribution >= 0.6 is 0 Å². The lowest BCUT2D eigenvalue weighted by molar-refractivity contribution is 0.0706. The normalized spacial score (nSPS) is 10.6. The van der Waals surface area contributed by atoms with Gasteiger partial charge >= 0.3 is 6.16 Å². The molecule has 140 valence electrons. The minimum Gasteiger partial charge on any atom is -0.434 e. The van der Waals surface area contributed by atoms with E-state index < -0.39 is 12.1 Å². The number of hydrogen-bond donors (Lipinski definition) is 2. The van der Waals surface area contributed by atoms with Crippen molar-refractivity contribution in [1.29, 1.82) is 0 Å². The van der Waals surface area contributed by atoms with Crippen LogP contribution in [-0.2, 0) is 11.2 Å². The molecule has 0 fully saturated rings. The lowest BCUT2D eigenvalue weighted by Crippen LogP contribution is -2.17. The van der Waals surface area contributed by atoms with Crippen LogP contribution in [0.25, 0.3) is 11.1 Å². The zero-order chi connectivity index (χ0) is 19.1. The van der Waals surface area contributed by atoms with Crippen LogP contribution in [0, 0.1) is 6.92 Å². The highest BCUT2D eigenvalue weighted by atomic mass is 16.7. The van der Waals surface area contributed by atoms with Gasteiger partial charge in [0.15, 0.2) is 0 Å². The monoisotopic (exact) mass is 359 g/mol. The first-order valence-corrected chi connectivity index (χ1v) is 8.87. The van der Waals surface area contributed by atoms with E-state index in [1.165, 1.54) is 0 Å². The van der Waals surface area contributed by atoms with Crippen molar-refractivity contribution in [1.82, 2.24) is 5.48 Å². The maximum atomic E-state index is 11.8. The molecule has 0 aliphatic heterocycles. The molecule has 6 nitrogen and oxygen atoms in total. The summed E-state index contributed by atoms with van der Waals surface area (Å²) < 4.78 is 10.3. The first-order valence-electron chi connectivity index (χ1n) is 8.87. The van der Waals surface area contributed by atoms with E-state index in [1.807, 2.05) is 13.0 Å². The Morgan fingerprint density at radius 2 is 1.77 bits per heavy atom. The highest BCUT2D eigenvalue weighted by molar-refractivity contribution is 5.94. The largest absolute Gasteiger partial charge is 0.513 e. The Morgan fingerprint density at radius 3 is 2.38 bits per heavy atom. The average Bonchev–Trinajstić information content (AvgIpc) is 2.78. The number of hydroxylamine groups is 1. The van der Waals surface area contributed by atoms with Crippen LogP contribution in [0.2, 0.25) is 0 Å². The highest BCUT2D eigenvalue weighted by Gasteiger charge is 2.23. The fourth-order valence-corrected chi connectivity index (χ4v) is 3.04. The SMILES string of the molecule is CCCCCc1c2ccc(C(=O)NO)ccc-2c(OC(=O)OCC)c1C. The molecule has 2 aliphatic rings. The molecular formula is C20H25NO5. The lowest BCUT2D eigenvalue weighted by atomic mass is 10.0. The number of nitrogens with one attached hydrogen (secondary N) is 1. The predicted octanol–water partition coefficient (Wildman–Crippen LogP) is 4.49. The fourth-order valence-electron chi connectivity index (χ4n) is 3.04. The van der Waals surface area contributed by atoms with Gasteiger partial charge in [-0.05, 0) is 61.6 Å². The second-order valence-corrected chi connectivity index (χ2v) is 6.07. The van der Waals surface area contributed by atoms with E-state index in [2.05, 4.69) is 6.92 Å². The van der Waals surface area contributed by atoms with Crippen molar-refractivity contribution in [3.05, 3.63) is 41.0 Å². The Bertz CT molecular complexity index is 756. The summed E-state index contributed by atoms with van der Waals surface area (Å²) in [4.78, 5) is 23.5. The van der Waals surface area contributed by atoms with Crippen molar-refractivity contribution in [2.24, 2.45) is 0 Å². The van der Waals surface area contributed by atoms with Crippen LogP contribution < -0.4 is 10.2 Å². The Morgan fingerprint density at radius 1 is 1.08 bits per heavy atom. The standard InChI is InChI=1S/C20H25NO5/c1-4-6-7-8-15-13(3)18(26-20(23)25-5-2)17-12-10-14(19(22)21-24)9-11-16(15)17/h9-12,24H,4-8H2,1-3H3,(H,21,22). The molecule has 2 aliphatic carbocycles. The summed E-state index contributed by atoms with van der Waals surface area (Å²) >= 11 is 0. The van der Waals surface area contributed by atoms with Gasteiger partial charge in [0.2, 0.25) is 0 Å². The van der Waals surface area contributed by atoms with Gasteiger partial charge in [0.05, 0.1) is 6.61 Å². The first-order chi connectivity index (χ1) is 12.5. The number of hydrogen-bond acceptors (Lipinski definition) is 5. The van der Waals surface area contributed by atoms with E-state index in [0.29, 0.717) is 11.3 Å². The third-order valence-electron chi connectivity index (χ3n) is 4.35. The van der Waals surface area contributed by atoms with Crippen molar-refractivity contribution >= 4 is 12.1 Å². The minimum absolute atomic E-state index is 0.231. The van der Waals surface area contributed by atoms with Gasteiger partial charge in [-0.25, -0.2) is 10.3 Å². The van der Waals surface area contributed by atoms with Crippen LogP contribution in [-0.4, -0.2) is 23.9 Å². The molecular weight excluding hydrogens is 334 g/mol. The Kier molecular flexibility index (Phi) is 6.97. The highest BCUT2D eigenvalue weighted by Crippen LogP contribution is 2.43. The minimum atomic E-state index is -0.748. The Labute approximate surface area is 153 Å². The van der Waals surface area contributed by atoms with Crippen LogP contribution in [0.5, 0.6) is 5.75 Å². The quantitative estimate of drug-likeness (QED) is 0.329. The summed E-state index contributed by atoms with van der Waals surface area (Å²) in [7, 11) is 0. The maximum Gasteiger partial charge on any atom is 0.513 e. The van der Waals surface area contributed by atoms with E-state index in [9.17, 15) is 9.59 Å². The Balaban J connectivity index is 2.52. The van der Waals surface area contributed by atoms with Crippen molar-refractivity contribution in [3.63, 3.8) is 0 Å². The molecule has 0 heterocycles. The van der Waals surface area contributed by atoms with Gasteiger partial charge < -0.3 is 9.47 Å². The zero-order valence-electron chi connectivity index (χ0n) is 15.4. The molecule has 0 aromatic rings. The third-order valence-corrected chi connectivity index (χ3v) is 4.35. The van der Waals surface area contributed by atoms with E-state index in [1.54, 1.807) is 30.6 Å². The molecule has 0 bridgehead atoms. The van der Waals surface area contributed by atoms with Gasteiger partial charge in [-0.2, -0.15) is 0 Å². The summed E-state index contributed by atoms with van der Waals surface area (Å²) in [5.74, 6) is -0.142. The molecule has 2 rings (SSSR count). The molecule has 6 heteroatoms. The summed E-state index contributed by atoms with van der Waals surface area (Å²) in [6.45, 7) is 6.02. The number of fused-ring (bicyclic) bond motifs is 1. The average molecular weight is 359 g/mol. The van der Waals surface area contributed by atoms with Crippen molar-refractivity contribution < 1.29 is 24.3 Å². The second-order valence-electron chi connectivity index (χ2n) is 6.07. The molecule has 26 heavy (non-hydrogen) atoms. The van der Waals surface area contributed by atoms with Crippen LogP contribution in [0.15, 0.2) is 24.3 Å². The lowest BCUT2D eigenvalue weighted by Gasteiger charge is -2.05. The van der Waals surface area contributed by atoms with Crippen LogP contribution in [0.3, 0.4) is 0 Å². The van der Waals surface area contributed by atoms with E-state index in [0.717, 1.165) is 47.9 Å². The van der Waals surface area contributed by atoms with Crippen molar-refractivity contribution in [2.45, 2.75) is 46.5 Å². The van der Waals surface area contributed by atoms with Crippen molar-refractivity contribution in [3.8, 4) is 16.9 Å². The maximum absolute atomic E-state index is 11.8. The zero-order valence-corrected chi connectivity index (χ0v) is 15.4. The number of ether oxygens (including phenoxy) is 2. The number of carbonyl (C=O) groups is 2. The van der Waals surface area contributed by atoms with Gasteiger partial charge in [0, 0.05) is 11.1 Å². The first kappa shape index (κ1) is 19.7. The topological polar surface area (TPSA) is 84.9 Å². The van der Waals surface area contributed by atoms with Gasteiger partial charge in [-0.1, -0.05) is 25.8 Å². The van der Waals surface area contributed by atoms with Gasteiger partial charge in [0.25, 0.3) is 5.91 Å². The number of amides is 1. The molecule has 0 saturated carbocycles.